The van der Waals surface area contributed by atoms with Gasteiger partial charge in [-0.2, -0.15) is 4.98 Å². The van der Waals surface area contributed by atoms with E-state index in [0.29, 0.717) is 16.8 Å². The molecule has 1 N–H and O–H groups in total. The Morgan fingerprint density at radius 3 is 2.27 bits per heavy atom. The Kier molecular flexibility index (Phi) is 5.62. The van der Waals surface area contributed by atoms with Gasteiger partial charge >= 0.3 is 0 Å². The molecule has 0 radical (unpaired) electrons. The highest BCUT2D eigenvalue weighted by atomic mass is 32.1. The summed E-state index contributed by atoms with van der Waals surface area (Å²) in [4.78, 5) is 6.73. The van der Waals surface area contributed by atoms with Gasteiger partial charge < -0.3 is 14.6 Å². The largest absolute Gasteiger partial charge is 0.497 e. The number of hydrogen-bond donors (Lipinski definition) is 1. The van der Waals surface area contributed by atoms with E-state index in [-0.39, 0.29) is 6.04 Å². The number of ether oxygens (including phenoxy) is 1. The molecule has 4 aromatic rings. The molecule has 0 saturated carbocycles. The zero-order chi connectivity index (χ0) is 22.8. The van der Waals surface area contributed by atoms with E-state index in [1.807, 2.05) is 84.6 Å². The first-order valence-electron chi connectivity index (χ1n) is 10.6. The fourth-order valence-corrected chi connectivity index (χ4v) is 4.36. The summed E-state index contributed by atoms with van der Waals surface area (Å²) in [5, 5.41) is 8.32. The number of anilines is 1. The third-order valence-electron chi connectivity index (χ3n) is 5.64. The number of rotatable bonds is 5. The molecule has 1 unspecified atom stereocenters. The van der Waals surface area contributed by atoms with Gasteiger partial charge in [0.05, 0.1) is 18.7 Å². The van der Waals surface area contributed by atoms with Crippen LogP contribution in [0.4, 0.5) is 5.69 Å². The zero-order valence-electron chi connectivity index (χ0n) is 18.2. The molecule has 0 fully saturated rings. The van der Waals surface area contributed by atoms with Gasteiger partial charge in [-0.05, 0) is 49.0 Å². The standard InChI is InChI=1S/C26H22N4O2S/c1-17-22(25-28-24(29-32-25)19-11-7-4-8-12-19)23(18-9-5-3-6-10-18)27-26(33)30(17)20-13-15-21(31-2)16-14-20/h3-16,23H,1-2H3,(H,27,33). The lowest BCUT2D eigenvalue weighted by atomic mass is 9.94. The number of methoxy groups -OCH3 is 1. The fraction of sp³-hybridized carbons (Fsp3) is 0.115. The number of thiocarbonyl (C=S) groups is 1. The van der Waals surface area contributed by atoms with Gasteiger partial charge in [0, 0.05) is 16.9 Å². The van der Waals surface area contributed by atoms with Gasteiger partial charge in [0.15, 0.2) is 5.11 Å². The topological polar surface area (TPSA) is 63.4 Å². The molecule has 1 aliphatic heterocycles. The number of aromatic nitrogens is 2. The average molecular weight is 455 g/mol. The van der Waals surface area contributed by atoms with Crippen LogP contribution < -0.4 is 15.0 Å². The van der Waals surface area contributed by atoms with Gasteiger partial charge in [0.2, 0.25) is 5.82 Å². The summed E-state index contributed by atoms with van der Waals surface area (Å²) < 4.78 is 11.1. The molecule has 5 rings (SSSR count). The van der Waals surface area contributed by atoms with Crippen molar-refractivity contribution >= 4 is 28.6 Å². The molecule has 0 bridgehead atoms. The summed E-state index contributed by atoms with van der Waals surface area (Å²) in [6, 6.07) is 27.5. The van der Waals surface area contributed by atoms with Crippen LogP contribution >= 0.6 is 12.2 Å². The lowest BCUT2D eigenvalue weighted by Gasteiger charge is -2.37. The monoisotopic (exact) mass is 454 g/mol. The smallest absolute Gasteiger partial charge is 0.258 e. The van der Waals surface area contributed by atoms with Crippen LogP contribution in [0.25, 0.3) is 17.0 Å². The number of hydrogen-bond acceptors (Lipinski definition) is 5. The van der Waals surface area contributed by atoms with Crippen molar-refractivity contribution in [3.8, 4) is 17.1 Å². The minimum absolute atomic E-state index is 0.225. The Balaban J connectivity index is 1.64. The molecule has 33 heavy (non-hydrogen) atoms. The van der Waals surface area contributed by atoms with Crippen molar-refractivity contribution in [1.29, 1.82) is 0 Å². The maximum atomic E-state index is 5.79. The third-order valence-corrected chi connectivity index (χ3v) is 5.94. The highest BCUT2D eigenvalue weighted by Crippen LogP contribution is 2.39. The van der Waals surface area contributed by atoms with Crippen molar-refractivity contribution in [3.63, 3.8) is 0 Å². The van der Waals surface area contributed by atoms with Gasteiger partial charge in [-0.1, -0.05) is 65.8 Å². The molecule has 3 aromatic carbocycles. The van der Waals surface area contributed by atoms with Gasteiger partial charge in [0.25, 0.3) is 5.89 Å². The Bertz CT molecular complexity index is 1300. The molecule has 7 heteroatoms. The summed E-state index contributed by atoms with van der Waals surface area (Å²) in [7, 11) is 1.65. The van der Waals surface area contributed by atoms with Crippen molar-refractivity contribution < 1.29 is 9.26 Å². The van der Waals surface area contributed by atoms with Crippen molar-refractivity contribution in [1.82, 2.24) is 15.5 Å². The van der Waals surface area contributed by atoms with Gasteiger partial charge in [-0.25, -0.2) is 0 Å². The van der Waals surface area contributed by atoms with Gasteiger partial charge in [0.1, 0.15) is 5.75 Å². The second kappa shape index (κ2) is 8.88. The van der Waals surface area contributed by atoms with Crippen LogP contribution in [0.5, 0.6) is 5.75 Å². The minimum atomic E-state index is -0.225. The first-order chi connectivity index (χ1) is 16.2. The van der Waals surface area contributed by atoms with Crippen molar-refractivity contribution in [2.24, 2.45) is 0 Å². The van der Waals surface area contributed by atoms with Gasteiger partial charge in [-0.15, -0.1) is 0 Å². The second-order valence-corrected chi connectivity index (χ2v) is 8.00. The molecular weight excluding hydrogens is 432 g/mol. The average Bonchev–Trinajstić information content (AvgIpc) is 3.35. The Morgan fingerprint density at radius 2 is 1.61 bits per heavy atom. The maximum absolute atomic E-state index is 5.79. The van der Waals surface area contributed by atoms with E-state index in [2.05, 4.69) is 22.6 Å². The van der Waals surface area contributed by atoms with Gasteiger partial charge in [-0.3, -0.25) is 4.90 Å². The van der Waals surface area contributed by atoms with Crippen LogP contribution in [-0.2, 0) is 0 Å². The molecule has 0 amide bonds. The zero-order valence-corrected chi connectivity index (χ0v) is 19.0. The summed E-state index contributed by atoms with van der Waals surface area (Å²) >= 11 is 5.79. The third kappa shape index (κ3) is 3.99. The second-order valence-electron chi connectivity index (χ2n) is 7.61. The van der Waals surface area contributed by atoms with Crippen molar-refractivity contribution in [3.05, 3.63) is 102 Å². The Morgan fingerprint density at radius 1 is 0.939 bits per heavy atom. The van der Waals surface area contributed by atoms with E-state index in [4.69, 9.17) is 26.5 Å². The molecule has 0 saturated heterocycles. The van der Waals surface area contributed by atoms with E-state index < -0.39 is 0 Å². The summed E-state index contributed by atoms with van der Waals surface area (Å²) in [5.41, 5.74) is 4.66. The Hall–Kier alpha value is -3.97. The van der Waals surface area contributed by atoms with E-state index in [1.54, 1.807) is 7.11 Å². The van der Waals surface area contributed by atoms with Crippen molar-refractivity contribution in [2.45, 2.75) is 13.0 Å². The summed E-state index contributed by atoms with van der Waals surface area (Å²) in [5.74, 6) is 1.78. The van der Waals surface area contributed by atoms with Crippen LogP contribution in [0.1, 0.15) is 24.4 Å². The molecule has 0 spiro atoms. The summed E-state index contributed by atoms with van der Waals surface area (Å²) in [6.07, 6.45) is 0. The predicted octanol–water partition coefficient (Wildman–Crippen LogP) is 5.61. The maximum Gasteiger partial charge on any atom is 0.258 e. The number of nitrogens with zero attached hydrogens (tertiary/aromatic N) is 3. The summed E-state index contributed by atoms with van der Waals surface area (Å²) in [6.45, 7) is 2.02. The lowest BCUT2D eigenvalue weighted by Crippen LogP contribution is -2.46. The first-order valence-corrected chi connectivity index (χ1v) is 11.0. The van der Waals surface area contributed by atoms with E-state index >= 15 is 0 Å². The van der Waals surface area contributed by atoms with Crippen LogP contribution in [-0.4, -0.2) is 22.4 Å². The molecular formula is C26H22N4O2S. The highest BCUT2D eigenvalue weighted by Gasteiger charge is 2.34. The molecule has 164 valence electrons. The number of nitrogens with one attached hydrogen (secondary N) is 1. The number of benzene rings is 3. The molecule has 2 heterocycles. The van der Waals surface area contributed by atoms with Crippen LogP contribution in [0.15, 0.2) is 95.1 Å². The number of allylic oxidation sites excluding steroid dienone is 1. The predicted molar refractivity (Wildman–Crippen MR) is 133 cm³/mol. The Labute approximate surface area is 197 Å². The van der Waals surface area contributed by atoms with E-state index in [1.165, 1.54) is 0 Å². The van der Waals surface area contributed by atoms with Crippen LogP contribution in [0.2, 0.25) is 0 Å². The van der Waals surface area contributed by atoms with Crippen LogP contribution in [0, 0.1) is 0 Å². The molecule has 1 atom stereocenters. The van der Waals surface area contributed by atoms with Crippen LogP contribution in [0.3, 0.4) is 0 Å². The van der Waals surface area contributed by atoms with Crippen molar-refractivity contribution in [2.75, 3.05) is 12.0 Å². The highest BCUT2D eigenvalue weighted by molar-refractivity contribution is 7.80. The van der Waals surface area contributed by atoms with E-state index in [9.17, 15) is 0 Å². The fourth-order valence-electron chi connectivity index (χ4n) is 4.00. The normalized spacial score (nSPS) is 16.0. The first kappa shape index (κ1) is 20.9. The minimum Gasteiger partial charge on any atom is -0.497 e. The molecule has 0 aliphatic carbocycles. The molecule has 1 aromatic heterocycles. The van der Waals surface area contributed by atoms with E-state index in [0.717, 1.165) is 33.8 Å². The molecule has 6 nitrogen and oxygen atoms in total. The lowest BCUT2D eigenvalue weighted by molar-refractivity contribution is 0.404. The molecule has 1 aliphatic rings. The SMILES string of the molecule is COc1ccc(N2C(=S)NC(c3ccccc3)C(c3nc(-c4ccccc4)no3)=C2C)cc1. The quantitative estimate of drug-likeness (QED) is 0.393.